The zero-order chi connectivity index (χ0) is 11.4. The Labute approximate surface area is 99.3 Å². The molecule has 80 valence electrons. The number of nitrogens with zero attached hydrogens (tertiary/aromatic N) is 4. The molecule has 2 rings (SSSR count). The van der Waals surface area contributed by atoms with Crippen LogP contribution in [0.1, 0.15) is 10.5 Å². The number of hydrogen-bond acceptors (Lipinski definition) is 5. The van der Waals surface area contributed by atoms with Crippen molar-refractivity contribution in [2.45, 2.75) is 0 Å². The standard InChI is InChI=1S/C9H6BrN5O/c10-8-4-13-7(3-14-8)9(16)15-6-1-11-5-12-2-6/h1-5H,(H,15,16). The van der Waals surface area contributed by atoms with Crippen LogP contribution in [0.25, 0.3) is 0 Å². The number of hydrogen-bond donors (Lipinski definition) is 1. The largest absolute Gasteiger partial charge is 0.318 e. The van der Waals surface area contributed by atoms with Gasteiger partial charge < -0.3 is 5.32 Å². The van der Waals surface area contributed by atoms with E-state index in [0.29, 0.717) is 10.3 Å². The minimum atomic E-state index is -0.352. The van der Waals surface area contributed by atoms with Crippen LogP contribution in [-0.4, -0.2) is 25.8 Å². The van der Waals surface area contributed by atoms with Crippen molar-refractivity contribution in [3.8, 4) is 0 Å². The first-order valence-corrected chi connectivity index (χ1v) is 5.09. The second-order valence-electron chi connectivity index (χ2n) is 2.81. The van der Waals surface area contributed by atoms with Crippen molar-refractivity contribution >= 4 is 27.5 Å². The number of carbonyl (C=O) groups is 1. The van der Waals surface area contributed by atoms with Gasteiger partial charge in [0, 0.05) is 0 Å². The lowest BCUT2D eigenvalue weighted by Gasteiger charge is -2.02. The summed E-state index contributed by atoms with van der Waals surface area (Å²) in [6.07, 6.45) is 7.21. The summed E-state index contributed by atoms with van der Waals surface area (Å²) in [6.45, 7) is 0. The average Bonchev–Trinajstić information content (AvgIpc) is 2.31. The molecule has 0 saturated heterocycles. The van der Waals surface area contributed by atoms with Gasteiger partial charge in [-0.3, -0.25) is 4.79 Å². The number of rotatable bonds is 2. The third kappa shape index (κ3) is 2.57. The summed E-state index contributed by atoms with van der Waals surface area (Å²) in [5.74, 6) is -0.352. The minimum absolute atomic E-state index is 0.229. The molecule has 0 aliphatic heterocycles. The summed E-state index contributed by atoms with van der Waals surface area (Å²) in [6, 6.07) is 0. The molecule has 0 fully saturated rings. The van der Waals surface area contributed by atoms with Crippen LogP contribution in [0.5, 0.6) is 0 Å². The molecule has 16 heavy (non-hydrogen) atoms. The zero-order valence-corrected chi connectivity index (χ0v) is 9.55. The first-order valence-electron chi connectivity index (χ1n) is 4.29. The summed E-state index contributed by atoms with van der Waals surface area (Å²) < 4.78 is 0.576. The molecule has 2 heterocycles. The number of amides is 1. The molecular formula is C9H6BrN5O. The van der Waals surface area contributed by atoms with Gasteiger partial charge in [-0.25, -0.2) is 19.9 Å². The molecule has 0 bridgehead atoms. The van der Waals surface area contributed by atoms with E-state index in [-0.39, 0.29) is 11.6 Å². The third-order valence-corrected chi connectivity index (χ3v) is 2.08. The fraction of sp³-hybridized carbons (Fsp3) is 0. The van der Waals surface area contributed by atoms with Crippen LogP contribution in [0, 0.1) is 0 Å². The molecule has 1 amide bonds. The van der Waals surface area contributed by atoms with Crippen molar-refractivity contribution in [3.05, 3.63) is 41.4 Å². The number of aromatic nitrogens is 4. The molecule has 6 nitrogen and oxygen atoms in total. The van der Waals surface area contributed by atoms with Crippen LogP contribution >= 0.6 is 15.9 Å². The van der Waals surface area contributed by atoms with E-state index in [2.05, 4.69) is 41.2 Å². The topological polar surface area (TPSA) is 80.7 Å². The second kappa shape index (κ2) is 4.75. The predicted octanol–water partition coefficient (Wildman–Crippen LogP) is 1.28. The van der Waals surface area contributed by atoms with Crippen molar-refractivity contribution in [1.29, 1.82) is 0 Å². The van der Waals surface area contributed by atoms with E-state index in [0.717, 1.165) is 0 Å². The van der Waals surface area contributed by atoms with Gasteiger partial charge in [0.25, 0.3) is 5.91 Å². The lowest BCUT2D eigenvalue weighted by atomic mass is 10.4. The smallest absolute Gasteiger partial charge is 0.275 e. The average molecular weight is 280 g/mol. The number of carbonyl (C=O) groups excluding carboxylic acids is 1. The van der Waals surface area contributed by atoms with Gasteiger partial charge in [0.2, 0.25) is 0 Å². The van der Waals surface area contributed by atoms with Crippen LogP contribution < -0.4 is 5.32 Å². The molecule has 0 aliphatic rings. The molecule has 2 aromatic rings. The van der Waals surface area contributed by atoms with Crippen LogP contribution in [-0.2, 0) is 0 Å². The quantitative estimate of drug-likeness (QED) is 0.896. The van der Waals surface area contributed by atoms with Crippen LogP contribution in [0.4, 0.5) is 5.69 Å². The Kier molecular flexibility index (Phi) is 3.16. The van der Waals surface area contributed by atoms with Gasteiger partial charge in [-0.2, -0.15) is 0 Å². The van der Waals surface area contributed by atoms with Crippen LogP contribution in [0.15, 0.2) is 35.7 Å². The summed E-state index contributed by atoms with van der Waals surface area (Å²) in [5, 5.41) is 2.60. The SMILES string of the molecule is O=C(Nc1cncnc1)c1cnc(Br)cn1. The Morgan fingerprint density at radius 3 is 2.50 bits per heavy atom. The normalized spacial score (nSPS) is 9.81. The van der Waals surface area contributed by atoms with Crippen LogP contribution in [0.2, 0.25) is 0 Å². The van der Waals surface area contributed by atoms with E-state index in [4.69, 9.17) is 0 Å². The highest BCUT2D eigenvalue weighted by Crippen LogP contribution is 2.06. The molecule has 0 radical (unpaired) electrons. The molecule has 0 spiro atoms. The minimum Gasteiger partial charge on any atom is -0.318 e. The van der Waals surface area contributed by atoms with Crippen molar-refractivity contribution in [2.75, 3.05) is 5.32 Å². The van der Waals surface area contributed by atoms with E-state index < -0.39 is 0 Å². The van der Waals surface area contributed by atoms with Gasteiger partial charge in [0.05, 0.1) is 30.5 Å². The van der Waals surface area contributed by atoms with Gasteiger partial charge in [-0.15, -0.1) is 0 Å². The predicted molar refractivity (Wildman–Crippen MR) is 59.7 cm³/mol. The fourth-order valence-electron chi connectivity index (χ4n) is 0.988. The first kappa shape index (κ1) is 10.6. The van der Waals surface area contributed by atoms with E-state index in [1.54, 1.807) is 0 Å². The summed E-state index contributed by atoms with van der Waals surface area (Å²) in [7, 11) is 0. The van der Waals surface area contributed by atoms with Gasteiger partial charge in [0.15, 0.2) is 0 Å². The molecule has 0 aliphatic carbocycles. The van der Waals surface area contributed by atoms with Crippen molar-refractivity contribution < 1.29 is 4.79 Å². The molecule has 7 heteroatoms. The lowest BCUT2D eigenvalue weighted by molar-refractivity contribution is 0.102. The van der Waals surface area contributed by atoms with Crippen LogP contribution in [0.3, 0.4) is 0 Å². The maximum Gasteiger partial charge on any atom is 0.275 e. The van der Waals surface area contributed by atoms with Crippen molar-refractivity contribution in [1.82, 2.24) is 19.9 Å². The number of nitrogens with one attached hydrogen (secondary N) is 1. The van der Waals surface area contributed by atoms with E-state index in [9.17, 15) is 4.79 Å². The fourth-order valence-corrected chi connectivity index (χ4v) is 1.19. The van der Waals surface area contributed by atoms with Gasteiger partial charge in [0.1, 0.15) is 16.6 Å². The summed E-state index contributed by atoms with van der Waals surface area (Å²) >= 11 is 3.14. The molecule has 0 saturated carbocycles. The third-order valence-electron chi connectivity index (χ3n) is 1.67. The molecule has 0 atom stereocenters. The number of anilines is 1. The van der Waals surface area contributed by atoms with E-state index in [1.807, 2.05) is 0 Å². The molecular weight excluding hydrogens is 274 g/mol. The second-order valence-corrected chi connectivity index (χ2v) is 3.62. The zero-order valence-electron chi connectivity index (χ0n) is 7.96. The highest BCUT2D eigenvalue weighted by atomic mass is 79.9. The van der Waals surface area contributed by atoms with E-state index in [1.165, 1.54) is 31.1 Å². The molecule has 0 unspecified atom stereocenters. The lowest BCUT2D eigenvalue weighted by Crippen LogP contribution is -2.14. The Bertz CT molecular complexity index is 487. The van der Waals surface area contributed by atoms with Crippen molar-refractivity contribution in [2.24, 2.45) is 0 Å². The number of halogens is 1. The Hall–Kier alpha value is -1.89. The highest BCUT2D eigenvalue weighted by molar-refractivity contribution is 9.10. The monoisotopic (exact) mass is 279 g/mol. The van der Waals surface area contributed by atoms with Gasteiger partial charge >= 0.3 is 0 Å². The molecule has 2 aromatic heterocycles. The van der Waals surface area contributed by atoms with Gasteiger partial charge in [-0.1, -0.05) is 0 Å². The molecule has 0 aromatic carbocycles. The summed E-state index contributed by atoms with van der Waals surface area (Å²) in [4.78, 5) is 27.0. The Balaban J connectivity index is 2.12. The highest BCUT2D eigenvalue weighted by Gasteiger charge is 2.07. The Morgan fingerprint density at radius 1 is 1.12 bits per heavy atom. The van der Waals surface area contributed by atoms with E-state index >= 15 is 0 Å². The first-order chi connectivity index (χ1) is 7.75. The Morgan fingerprint density at radius 2 is 1.88 bits per heavy atom. The molecule has 1 N–H and O–H groups in total. The van der Waals surface area contributed by atoms with Gasteiger partial charge in [-0.05, 0) is 15.9 Å². The summed E-state index contributed by atoms with van der Waals surface area (Å²) in [5.41, 5.74) is 0.740. The van der Waals surface area contributed by atoms with Crippen molar-refractivity contribution in [3.63, 3.8) is 0 Å². The maximum absolute atomic E-state index is 11.6. The maximum atomic E-state index is 11.6.